The maximum absolute atomic E-state index is 15.1. The molecule has 1 saturated heterocycles. The second-order valence-electron chi connectivity index (χ2n) is 7.80. The molecule has 2 aromatic heterocycles. The standard InChI is InChI=1S/C20H21F2N5O3S2/c21-12-2-6-27(17(9-12)15-1-4-24-25-15)16-3-7-30-18-11-19(14(22)10-13(16)18)32(28,29)26-20-23-5-8-31-20/h1,4-5,8,10-12,16-17H,2-3,6-7,9H2,(H,23,26)(H,24,25)/t12?,16-,17-/m0/s1. The van der Waals surface area contributed by atoms with Crippen molar-refractivity contribution in [2.75, 3.05) is 17.9 Å². The molecule has 2 aliphatic rings. The number of ether oxygens (including phenoxy) is 1. The summed E-state index contributed by atoms with van der Waals surface area (Å²) in [5, 5.41) is 8.69. The molecule has 3 aromatic rings. The molecule has 1 fully saturated rings. The highest BCUT2D eigenvalue weighted by Gasteiger charge is 2.38. The smallest absolute Gasteiger partial charge is 0.266 e. The summed E-state index contributed by atoms with van der Waals surface area (Å²) in [4.78, 5) is 5.52. The number of halogens is 2. The van der Waals surface area contributed by atoms with Crippen LogP contribution in [0.25, 0.3) is 0 Å². The van der Waals surface area contributed by atoms with Crippen molar-refractivity contribution in [1.82, 2.24) is 20.1 Å². The van der Waals surface area contributed by atoms with E-state index in [-0.39, 0.29) is 17.2 Å². The second kappa shape index (κ2) is 8.41. The number of rotatable bonds is 5. The summed E-state index contributed by atoms with van der Waals surface area (Å²) < 4.78 is 62.8. The Bertz CT molecular complexity index is 1190. The summed E-state index contributed by atoms with van der Waals surface area (Å²) in [5.74, 6) is -0.560. The van der Waals surface area contributed by atoms with Gasteiger partial charge < -0.3 is 4.74 Å². The number of aromatic nitrogens is 3. The Morgan fingerprint density at radius 2 is 2.12 bits per heavy atom. The first-order chi connectivity index (χ1) is 15.4. The van der Waals surface area contributed by atoms with Crippen molar-refractivity contribution >= 4 is 26.5 Å². The van der Waals surface area contributed by atoms with Gasteiger partial charge in [0, 0.05) is 48.4 Å². The van der Waals surface area contributed by atoms with Crippen LogP contribution in [0.1, 0.15) is 42.6 Å². The van der Waals surface area contributed by atoms with E-state index in [1.165, 1.54) is 18.3 Å². The number of aromatic amines is 1. The summed E-state index contributed by atoms with van der Waals surface area (Å²) in [6.45, 7) is 0.830. The minimum Gasteiger partial charge on any atom is -0.493 e. The van der Waals surface area contributed by atoms with Crippen LogP contribution in [0.3, 0.4) is 0 Å². The molecule has 0 aliphatic carbocycles. The SMILES string of the molecule is O=S(=O)(Nc1nccs1)c1cc2c(cc1F)[C@@H](N1CCC(F)C[C@H]1c1ccn[nH]1)CCO2. The highest BCUT2D eigenvalue weighted by Crippen LogP contribution is 2.44. The van der Waals surface area contributed by atoms with Crippen molar-refractivity contribution in [3.63, 3.8) is 0 Å². The molecule has 0 amide bonds. The van der Waals surface area contributed by atoms with E-state index in [9.17, 15) is 12.8 Å². The Kier molecular flexibility index (Phi) is 5.59. The van der Waals surface area contributed by atoms with Gasteiger partial charge in [-0.2, -0.15) is 5.10 Å². The molecule has 1 unspecified atom stereocenters. The van der Waals surface area contributed by atoms with E-state index in [2.05, 4.69) is 24.8 Å². The molecule has 3 atom stereocenters. The molecule has 4 heterocycles. The lowest BCUT2D eigenvalue weighted by atomic mass is 9.91. The fourth-order valence-corrected chi connectivity index (χ4v) is 6.30. The van der Waals surface area contributed by atoms with E-state index in [4.69, 9.17) is 4.74 Å². The summed E-state index contributed by atoms with van der Waals surface area (Å²) >= 11 is 1.10. The van der Waals surface area contributed by atoms with Gasteiger partial charge in [-0.15, -0.1) is 11.3 Å². The van der Waals surface area contributed by atoms with Crippen LogP contribution in [0.15, 0.2) is 40.9 Å². The largest absolute Gasteiger partial charge is 0.493 e. The monoisotopic (exact) mass is 481 g/mol. The Morgan fingerprint density at radius 3 is 2.88 bits per heavy atom. The van der Waals surface area contributed by atoms with Gasteiger partial charge in [0.25, 0.3) is 10.0 Å². The molecule has 1 aromatic carbocycles. The number of likely N-dealkylation sites (tertiary alicyclic amines) is 1. The molecule has 0 saturated carbocycles. The molecule has 8 nitrogen and oxygen atoms in total. The predicted octanol–water partition coefficient (Wildman–Crippen LogP) is 3.80. The van der Waals surface area contributed by atoms with Crippen LogP contribution in [0, 0.1) is 5.82 Å². The number of piperidine rings is 1. The quantitative estimate of drug-likeness (QED) is 0.575. The zero-order valence-corrected chi connectivity index (χ0v) is 18.5. The van der Waals surface area contributed by atoms with Crippen LogP contribution >= 0.6 is 11.3 Å². The van der Waals surface area contributed by atoms with Gasteiger partial charge >= 0.3 is 0 Å². The Hall–Kier alpha value is -2.57. The fourth-order valence-electron chi connectivity index (χ4n) is 4.44. The Balaban J connectivity index is 1.49. The molecule has 0 radical (unpaired) electrons. The second-order valence-corrected chi connectivity index (χ2v) is 10.3. The Labute approximate surface area is 187 Å². The molecule has 5 rings (SSSR count). The lowest BCUT2D eigenvalue weighted by molar-refractivity contribution is 0.0323. The van der Waals surface area contributed by atoms with Gasteiger partial charge in [-0.25, -0.2) is 22.2 Å². The Morgan fingerprint density at radius 1 is 1.25 bits per heavy atom. The molecule has 0 bridgehead atoms. The summed E-state index contributed by atoms with van der Waals surface area (Å²) in [5.41, 5.74) is 1.36. The van der Waals surface area contributed by atoms with E-state index in [0.29, 0.717) is 43.7 Å². The lowest BCUT2D eigenvalue weighted by Gasteiger charge is -2.43. The van der Waals surface area contributed by atoms with E-state index in [1.807, 2.05) is 6.07 Å². The van der Waals surface area contributed by atoms with Crippen molar-refractivity contribution < 1.29 is 21.9 Å². The minimum absolute atomic E-state index is 0.150. The van der Waals surface area contributed by atoms with Gasteiger partial charge in [0.05, 0.1) is 18.3 Å². The zero-order valence-electron chi connectivity index (χ0n) is 16.9. The molecule has 2 N–H and O–H groups in total. The average Bonchev–Trinajstić information content (AvgIpc) is 3.47. The van der Waals surface area contributed by atoms with E-state index >= 15 is 4.39 Å². The van der Waals surface area contributed by atoms with Gasteiger partial charge in [0.2, 0.25) is 0 Å². The number of H-pyrrole nitrogens is 1. The minimum atomic E-state index is -4.18. The first kappa shape index (κ1) is 21.3. The first-order valence-electron chi connectivity index (χ1n) is 10.2. The highest BCUT2D eigenvalue weighted by atomic mass is 32.2. The van der Waals surface area contributed by atoms with Crippen LogP contribution < -0.4 is 9.46 Å². The highest BCUT2D eigenvalue weighted by molar-refractivity contribution is 7.93. The maximum Gasteiger partial charge on any atom is 0.266 e. The van der Waals surface area contributed by atoms with Gasteiger partial charge in [-0.3, -0.25) is 14.7 Å². The zero-order chi connectivity index (χ0) is 22.3. The van der Waals surface area contributed by atoms with E-state index in [1.54, 1.807) is 11.6 Å². The molecular formula is C20H21F2N5O3S2. The van der Waals surface area contributed by atoms with Crippen molar-refractivity contribution in [1.29, 1.82) is 0 Å². The molecule has 0 spiro atoms. The van der Waals surface area contributed by atoms with Gasteiger partial charge in [-0.1, -0.05) is 0 Å². The number of hydrogen-bond donors (Lipinski definition) is 2. The van der Waals surface area contributed by atoms with Gasteiger partial charge in [0.15, 0.2) is 5.13 Å². The van der Waals surface area contributed by atoms with Crippen molar-refractivity contribution in [3.05, 3.63) is 53.0 Å². The van der Waals surface area contributed by atoms with E-state index < -0.39 is 26.9 Å². The van der Waals surface area contributed by atoms with E-state index in [0.717, 1.165) is 17.0 Å². The summed E-state index contributed by atoms with van der Waals surface area (Å²) in [6.07, 6.45) is 3.42. The predicted molar refractivity (Wildman–Crippen MR) is 114 cm³/mol. The van der Waals surface area contributed by atoms with Crippen LogP contribution in [0.2, 0.25) is 0 Å². The fraction of sp³-hybridized carbons (Fsp3) is 0.400. The number of hydrogen-bond acceptors (Lipinski definition) is 7. The number of thiazole rings is 1. The maximum atomic E-state index is 15.1. The average molecular weight is 482 g/mol. The molecule has 12 heteroatoms. The third-order valence-corrected chi connectivity index (χ3v) is 8.05. The third-order valence-electron chi connectivity index (χ3n) is 5.88. The molecule has 170 valence electrons. The molecule has 32 heavy (non-hydrogen) atoms. The van der Waals surface area contributed by atoms with Gasteiger partial charge in [-0.05, 0) is 25.0 Å². The van der Waals surface area contributed by atoms with Crippen LogP contribution in [0.5, 0.6) is 5.75 Å². The van der Waals surface area contributed by atoms with Crippen molar-refractivity contribution in [3.8, 4) is 5.75 Å². The summed E-state index contributed by atoms with van der Waals surface area (Å²) in [7, 11) is -4.18. The topological polar surface area (TPSA) is 100 Å². The molecule has 2 aliphatic heterocycles. The number of anilines is 1. The number of nitrogens with one attached hydrogen (secondary N) is 2. The van der Waals surface area contributed by atoms with Crippen LogP contribution in [0.4, 0.5) is 13.9 Å². The first-order valence-corrected chi connectivity index (χ1v) is 12.6. The normalized spacial score (nSPS) is 24.0. The van der Waals surface area contributed by atoms with Crippen LogP contribution in [-0.2, 0) is 10.0 Å². The van der Waals surface area contributed by atoms with Crippen molar-refractivity contribution in [2.45, 2.75) is 42.4 Å². The number of nitrogens with zero attached hydrogens (tertiary/aromatic N) is 3. The third kappa shape index (κ3) is 3.97. The van der Waals surface area contributed by atoms with Gasteiger partial charge in [0.1, 0.15) is 22.6 Å². The van der Waals surface area contributed by atoms with Crippen LogP contribution in [-0.4, -0.2) is 47.8 Å². The molecular weight excluding hydrogens is 460 g/mol. The number of benzene rings is 1. The lowest BCUT2D eigenvalue weighted by Crippen LogP contribution is -2.42. The number of sulfonamides is 1. The number of fused-ring (bicyclic) bond motifs is 1. The number of alkyl halides is 1. The van der Waals surface area contributed by atoms with Crippen molar-refractivity contribution in [2.24, 2.45) is 0 Å². The summed E-state index contributed by atoms with van der Waals surface area (Å²) in [6, 6.07) is 3.78.